The molecule has 1 saturated carbocycles. The van der Waals surface area contributed by atoms with E-state index in [1.807, 2.05) is 0 Å². The molecule has 1 aliphatic carbocycles. The molecule has 1 rings (SSSR count). The van der Waals surface area contributed by atoms with Gasteiger partial charge in [-0.25, -0.2) is 0 Å². The summed E-state index contributed by atoms with van der Waals surface area (Å²) in [6.07, 6.45) is 6.10. The number of hydrogen-bond acceptors (Lipinski definition) is 0. The van der Waals surface area contributed by atoms with Crippen molar-refractivity contribution in [1.82, 2.24) is 0 Å². The van der Waals surface area contributed by atoms with Crippen molar-refractivity contribution >= 4 is 7.26 Å². The molecule has 0 saturated heterocycles. The third-order valence-corrected chi connectivity index (χ3v) is 13.1. The van der Waals surface area contributed by atoms with Gasteiger partial charge in [0.1, 0.15) is 0 Å². The molecule has 0 radical (unpaired) electrons. The van der Waals surface area contributed by atoms with Crippen LogP contribution in [0.25, 0.3) is 0 Å². The van der Waals surface area contributed by atoms with Gasteiger partial charge in [0, 0.05) is 0 Å². The monoisotopic (exact) mass is 230 g/mol. The van der Waals surface area contributed by atoms with Crippen LogP contribution in [0.4, 0.5) is 0 Å². The van der Waals surface area contributed by atoms with Crippen LogP contribution in [0.15, 0.2) is 0 Å². The van der Waals surface area contributed by atoms with Gasteiger partial charge < -0.3 is 0 Å². The van der Waals surface area contributed by atoms with Crippen LogP contribution in [0, 0.1) is 0 Å². The molecule has 0 N–H and O–H groups in total. The Morgan fingerprint density at radius 2 is 1.07 bits per heavy atom. The van der Waals surface area contributed by atoms with Gasteiger partial charge in [0.15, 0.2) is 0 Å². The predicted molar refractivity (Wildman–Crippen MR) is 76.0 cm³/mol. The molecule has 0 nitrogen and oxygen atoms in total. The van der Waals surface area contributed by atoms with E-state index in [0.717, 1.165) is 22.6 Å². The molecule has 0 unspecified atom stereocenters. The number of rotatable bonds is 4. The van der Waals surface area contributed by atoms with Gasteiger partial charge >= 0.3 is 97.1 Å². The Morgan fingerprint density at radius 1 is 0.733 bits per heavy atom. The first-order valence-electron chi connectivity index (χ1n) is 6.94. The van der Waals surface area contributed by atoms with E-state index in [4.69, 9.17) is 0 Å². The van der Waals surface area contributed by atoms with E-state index in [-0.39, 0.29) is 0 Å². The molecule has 0 aromatic carbocycles. The zero-order valence-electron chi connectivity index (χ0n) is 11.6. The Labute approximate surface area is 97.6 Å². The van der Waals surface area contributed by atoms with E-state index in [9.17, 15) is 0 Å². The fourth-order valence-electron chi connectivity index (χ4n) is 4.84. The Morgan fingerprint density at radius 3 is 1.33 bits per heavy atom. The summed E-state index contributed by atoms with van der Waals surface area (Å²) >= 11 is 0. The Balaban J connectivity index is 3.00. The summed E-state index contributed by atoms with van der Waals surface area (Å²) in [6, 6.07) is 0. The van der Waals surface area contributed by atoms with Crippen molar-refractivity contribution in [3.05, 3.63) is 0 Å². The molecule has 15 heavy (non-hydrogen) atoms. The van der Waals surface area contributed by atoms with Crippen LogP contribution in [0.5, 0.6) is 0 Å². The van der Waals surface area contributed by atoms with Crippen molar-refractivity contribution in [3.8, 4) is 0 Å². The van der Waals surface area contributed by atoms with E-state index >= 15 is 0 Å². The molecule has 0 amide bonds. The van der Waals surface area contributed by atoms with Crippen molar-refractivity contribution in [1.29, 1.82) is 0 Å². The molecule has 0 spiro atoms. The van der Waals surface area contributed by atoms with Gasteiger partial charge in [-0.05, 0) is 0 Å². The third kappa shape index (κ3) is 2.26. The molecule has 0 aliphatic heterocycles. The zero-order chi connectivity index (χ0) is 11.6. The second-order valence-corrected chi connectivity index (χ2v) is 12.7. The van der Waals surface area contributed by atoms with E-state index < -0.39 is 7.26 Å². The van der Waals surface area contributed by atoms with E-state index in [0.29, 0.717) is 0 Å². The van der Waals surface area contributed by atoms with E-state index in [2.05, 4.69) is 41.5 Å². The maximum atomic E-state index is 2.50. The molecule has 0 aromatic heterocycles. The summed E-state index contributed by atoms with van der Waals surface area (Å²) in [5.41, 5.74) is 4.00. The van der Waals surface area contributed by atoms with Gasteiger partial charge in [0.2, 0.25) is 0 Å². The molecule has 1 aliphatic rings. The molecule has 0 atom stereocenters. The minimum absolute atomic E-state index is 0.959. The first-order valence-corrected chi connectivity index (χ1v) is 9.24. The molecule has 0 aromatic rings. The van der Waals surface area contributed by atoms with Gasteiger partial charge in [0.25, 0.3) is 0 Å². The molecule has 0 bridgehead atoms. The molecular weight excluding hydrogens is 199 g/mol. The van der Waals surface area contributed by atoms with Crippen LogP contribution in [0.1, 0.15) is 67.2 Å². The zero-order valence-corrected chi connectivity index (χ0v) is 12.6. The standard InChI is InChI=1S/C14H31P/c1-11(2)15(12(3)4,13(5)6)14-9-7-8-10-14/h11-15H,7-10H2,1-6H3. The first-order chi connectivity index (χ1) is 6.94. The van der Waals surface area contributed by atoms with Crippen molar-refractivity contribution in [2.45, 2.75) is 89.9 Å². The normalized spacial score (nSPS) is 20.9. The summed E-state index contributed by atoms with van der Waals surface area (Å²) in [4.78, 5) is 0. The first kappa shape index (κ1) is 13.5. The summed E-state index contributed by atoms with van der Waals surface area (Å²) in [5.74, 6) is 0. The molecular formula is C14H31P. The van der Waals surface area contributed by atoms with Gasteiger partial charge in [-0.1, -0.05) is 0 Å². The van der Waals surface area contributed by atoms with Crippen molar-refractivity contribution in [3.63, 3.8) is 0 Å². The molecule has 1 fully saturated rings. The second-order valence-electron chi connectivity index (χ2n) is 6.45. The van der Waals surface area contributed by atoms with Crippen molar-refractivity contribution < 1.29 is 0 Å². The van der Waals surface area contributed by atoms with Gasteiger partial charge in [-0.3, -0.25) is 0 Å². The fraction of sp³-hybridized carbons (Fsp3) is 1.00. The summed E-state index contributed by atoms with van der Waals surface area (Å²) in [5, 5.41) is 0. The van der Waals surface area contributed by atoms with Gasteiger partial charge in [-0.2, -0.15) is 0 Å². The molecule has 92 valence electrons. The quantitative estimate of drug-likeness (QED) is 0.602. The van der Waals surface area contributed by atoms with Crippen LogP contribution >= 0.6 is 7.26 Å². The van der Waals surface area contributed by atoms with Crippen molar-refractivity contribution in [2.24, 2.45) is 0 Å². The Hall–Kier alpha value is 0.430. The average Bonchev–Trinajstić information content (AvgIpc) is 2.55. The topological polar surface area (TPSA) is 0 Å². The van der Waals surface area contributed by atoms with E-state index in [1.54, 1.807) is 12.8 Å². The number of hydrogen-bond donors (Lipinski definition) is 0. The molecule has 1 heteroatoms. The van der Waals surface area contributed by atoms with Crippen molar-refractivity contribution in [2.75, 3.05) is 0 Å². The van der Waals surface area contributed by atoms with Crippen LogP contribution in [-0.4, -0.2) is 22.6 Å². The minimum atomic E-state index is -1.09. The maximum absolute atomic E-state index is 2.50. The Bertz CT molecular complexity index is 166. The Kier molecular flexibility index (Phi) is 4.65. The van der Waals surface area contributed by atoms with Crippen LogP contribution in [0.2, 0.25) is 0 Å². The second kappa shape index (κ2) is 5.17. The van der Waals surface area contributed by atoms with Gasteiger partial charge in [-0.15, -0.1) is 0 Å². The third-order valence-electron chi connectivity index (χ3n) is 5.06. The SMILES string of the molecule is CC(C)[PH](C(C)C)(C(C)C)C1CCCC1. The summed E-state index contributed by atoms with van der Waals surface area (Å²) < 4.78 is 0. The predicted octanol–water partition coefficient (Wildman–Crippen LogP) is 4.90. The van der Waals surface area contributed by atoms with E-state index in [1.165, 1.54) is 12.8 Å². The van der Waals surface area contributed by atoms with Gasteiger partial charge in [0.05, 0.1) is 0 Å². The van der Waals surface area contributed by atoms with Crippen LogP contribution in [0.3, 0.4) is 0 Å². The van der Waals surface area contributed by atoms with Crippen LogP contribution in [-0.2, 0) is 0 Å². The summed E-state index contributed by atoms with van der Waals surface area (Å²) in [6.45, 7) is 15.0. The van der Waals surface area contributed by atoms with Crippen LogP contribution < -0.4 is 0 Å². The summed E-state index contributed by atoms with van der Waals surface area (Å²) in [7, 11) is -1.09. The average molecular weight is 230 g/mol. The molecule has 0 heterocycles. The fourth-order valence-corrected chi connectivity index (χ4v) is 13.1.